The number of H-pyrrole nitrogens is 1. The van der Waals surface area contributed by atoms with E-state index in [2.05, 4.69) is 33.6 Å². The maximum Gasteiger partial charge on any atom is 0.260 e. The summed E-state index contributed by atoms with van der Waals surface area (Å²) in [6.07, 6.45) is 1.12. The number of rotatable bonds is 4. The lowest BCUT2D eigenvalue weighted by Crippen LogP contribution is -2.37. The van der Waals surface area contributed by atoms with Crippen molar-refractivity contribution in [3.8, 4) is 0 Å². The standard InChI is InChI=1S/C16H22N4O/c1-3-19(4-2)12-9-10-20(11-12)16-17-14-8-6-5-7-13(14)15(21)18-16/h5-8,12H,3-4,9-11H2,1-2H3,(H,17,18,21)/t12-/m0/s1. The molecule has 21 heavy (non-hydrogen) atoms. The summed E-state index contributed by atoms with van der Waals surface area (Å²) in [5, 5.41) is 0.653. The van der Waals surface area contributed by atoms with Gasteiger partial charge < -0.3 is 4.90 Å². The lowest BCUT2D eigenvalue weighted by molar-refractivity contribution is 0.232. The summed E-state index contributed by atoms with van der Waals surface area (Å²) in [5.74, 6) is 0.702. The molecular formula is C16H22N4O. The van der Waals surface area contributed by atoms with Crippen LogP contribution in [0.2, 0.25) is 0 Å². The van der Waals surface area contributed by atoms with Crippen LogP contribution in [-0.4, -0.2) is 47.1 Å². The van der Waals surface area contributed by atoms with Crippen molar-refractivity contribution >= 4 is 16.9 Å². The molecule has 1 fully saturated rings. The SMILES string of the molecule is CCN(CC)[C@H]1CCN(c2nc3ccccc3c(=O)[nH]2)C1. The predicted molar refractivity (Wildman–Crippen MR) is 85.9 cm³/mol. The Morgan fingerprint density at radius 1 is 1.33 bits per heavy atom. The second-order valence-corrected chi connectivity index (χ2v) is 5.52. The fraction of sp³-hybridized carbons (Fsp3) is 0.500. The van der Waals surface area contributed by atoms with Gasteiger partial charge in [0.15, 0.2) is 0 Å². The van der Waals surface area contributed by atoms with Gasteiger partial charge in [-0.3, -0.25) is 14.7 Å². The van der Waals surface area contributed by atoms with Gasteiger partial charge in [0.25, 0.3) is 5.56 Å². The zero-order chi connectivity index (χ0) is 14.8. The molecule has 0 bridgehead atoms. The molecule has 0 unspecified atom stereocenters. The van der Waals surface area contributed by atoms with Crippen molar-refractivity contribution in [2.45, 2.75) is 26.3 Å². The molecule has 5 nitrogen and oxygen atoms in total. The first-order valence-electron chi connectivity index (χ1n) is 7.71. The van der Waals surface area contributed by atoms with Crippen LogP contribution in [0.25, 0.3) is 10.9 Å². The molecule has 0 saturated carbocycles. The van der Waals surface area contributed by atoms with E-state index in [1.807, 2.05) is 24.3 Å². The summed E-state index contributed by atoms with van der Waals surface area (Å²) in [6, 6.07) is 8.04. The van der Waals surface area contributed by atoms with E-state index in [9.17, 15) is 4.79 Å². The second kappa shape index (κ2) is 5.85. The lowest BCUT2D eigenvalue weighted by atomic mass is 10.2. The monoisotopic (exact) mass is 286 g/mol. The average molecular weight is 286 g/mol. The third-order valence-corrected chi connectivity index (χ3v) is 4.39. The highest BCUT2D eigenvalue weighted by atomic mass is 16.1. The molecule has 3 rings (SSSR count). The molecule has 0 amide bonds. The van der Waals surface area contributed by atoms with Gasteiger partial charge in [-0.15, -0.1) is 0 Å². The van der Waals surface area contributed by atoms with Crippen LogP contribution in [0.3, 0.4) is 0 Å². The largest absolute Gasteiger partial charge is 0.341 e. The van der Waals surface area contributed by atoms with Crippen LogP contribution in [0.15, 0.2) is 29.1 Å². The number of aromatic amines is 1. The van der Waals surface area contributed by atoms with Crippen molar-refractivity contribution < 1.29 is 0 Å². The Balaban J connectivity index is 1.87. The molecule has 1 aliphatic heterocycles. The topological polar surface area (TPSA) is 52.2 Å². The quantitative estimate of drug-likeness (QED) is 0.932. The van der Waals surface area contributed by atoms with Gasteiger partial charge in [-0.25, -0.2) is 4.98 Å². The molecule has 0 aliphatic carbocycles. The summed E-state index contributed by atoms with van der Waals surface area (Å²) in [5.41, 5.74) is 0.712. The number of likely N-dealkylation sites (N-methyl/N-ethyl adjacent to an activating group) is 1. The predicted octanol–water partition coefficient (Wildman–Crippen LogP) is 1.84. The third kappa shape index (κ3) is 2.65. The van der Waals surface area contributed by atoms with E-state index in [1.165, 1.54) is 0 Å². The molecule has 1 aliphatic rings. The molecular weight excluding hydrogens is 264 g/mol. The van der Waals surface area contributed by atoms with Gasteiger partial charge in [-0.05, 0) is 31.6 Å². The maximum absolute atomic E-state index is 12.2. The van der Waals surface area contributed by atoms with Gasteiger partial charge in [0, 0.05) is 19.1 Å². The van der Waals surface area contributed by atoms with Gasteiger partial charge in [-0.2, -0.15) is 0 Å². The minimum Gasteiger partial charge on any atom is -0.341 e. The van der Waals surface area contributed by atoms with E-state index in [0.717, 1.165) is 38.1 Å². The van der Waals surface area contributed by atoms with Crippen molar-refractivity contribution in [1.29, 1.82) is 0 Å². The second-order valence-electron chi connectivity index (χ2n) is 5.52. The summed E-state index contributed by atoms with van der Waals surface area (Å²) in [6.45, 7) is 8.41. The van der Waals surface area contributed by atoms with E-state index in [0.29, 0.717) is 17.4 Å². The highest BCUT2D eigenvalue weighted by Gasteiger charge is 2.27. The third-order valence-electron chi connectivity index (χ3n) is 4.39. The van der Waals surface area contributed by atoms with E-state index in [4.69, 9.17) is 0 Å². The molecule has 0 spiro atoms. The Kier molecular flexibility index (Phi) is 3.92. The van der Waals surface area contributed by atoms with E-state index < -0.39 is 0 Å². The first-order chi connectivity index (χ1) is 10.2. The van der Waals surface area contributed by atoms with Crippen molar-refractivity contribution in [1.82, 2.24) is 14.9 Å². The highest BCUT2D eigenvalue weighted by Crippen LogP contribution is 2.20. The summed E-state index contributed by atoms with van der Waals surface area (Å²) in [7, 11) is 0. The Bertz CT molecular complexity index is 677. The molecule has 1 atom stereocenters. The Morgan fingerprint density at radius 2 is 2.10 bits per heavy atom. The number of benzene rings is 1. The minimum absolute atomic E-state index is 0.0538. The normalized spacial score (nSPS) is 18.8. The number of para-hydroxylation sites is 1. The first kappa shape index (κ1) is 14.1. The smallest absolute Gasteiger partial charge is 0.260 e. The summed E-state index contributed by atoms with van der Waals surface area (Å²) >= 11 is 0. The van der Waals surface area contributed by atoms with Gasteiger partial charge in [-0.1, -0.05) is 26.0 Å². The van der Waals surface area contributed by atoms with Crippen molar-refractivity contribution in [3.05, 3.63) is 34.6 Å². The fourth-order valence-electron chi connectivity index (χ4n) is 3.20. The van der Waals surface area contributed by atoms with Crippen LogP contribution in [0.1, 0.15) is 20.3 Å². The van der Waals surface area contributed by atoms with E-state index >= 15 is 0 Å². The van der Waals surface area contributed by atoms with E-state index in [-0.39, 0.29) is 5.56 Å². The molecule has 112 valence electrons. The first-order valence-corrected chi connectivity index (χ1v) is 7.71. The maximum atomic E-state index is 12.2. The van der Waals surface area contributed by atoms with Gasteiger partial charge in [0.2, 0.25) is 5.95 Å². The van der Waals surface area contributed by atoms with Crippen LogP contribution >= 0.6 is 0 Å². The van der Waals surface area contributed by atoms with Crippen LogP contribution in [0, 0.1) is 0 Å². The number of anilines is 1. The van der Waals surface area contributed by atoms with Crippen molar-refractivity contribution in [2.24, 2.45) is 0 Å². The number of nitrogens with zero attached hydrogens (tertiary/aromatic N) is 3. The van der Waals surface area contributed by atoms with Gasteiger partial charge >= 0.3 is 0 Å². The number of hydrogen-bond acceptors (Lipinski definition) is 4. The summed E-state index contributed by atoms with van der Waals surface area (Å²) in [4.78, 5) is 24.4. The Labute approximate surface area is 124 Å². The minimum atomic E-state index is -0.0538. The lowest BCUT2D eigenvalue weighted by Gasteiger charge is -2.26. The number of nitrogens with one attached hydrogen (secondary N) is 1. The number of fused-ring (bicyclic) bond motifs is 1. The highest BCUT2D eigenvalue weighted by molar-refractivity contribution is 5.78. The van der Waals surface area contributed by atoms with Crippen LogP contribution < -0.4 is 10.5 Å². The van der Waals surface area contributed by atoms with Crippen molar-refractivity contribution in [2.75, 3.05) is 31.1 Å². The molecule has 1 saturated heterocycles. The molecule has 1 N–H and O–H groups in total. The van der Waals surface area contributed by atoms with Crippen LogP contribution in [0.4, 0.5) is 5.95 Å². The molecule has 0 radical (unpaired) electrons. The molecule has 5 heteroatoms. The molecule has 2 heterocycles. The van der Waals surface area contributed by atoms with Gasteiger partial charge in [0.1, 0.15) is 0 Å². The van der Waals surface area contributed by atoms with E-state index in [1.54, 1.807) is 0 Å². The zero-order valence-electron chi connectivity index (χ0n) is 12.7. The molecule has 1 aromatic heterocycles. The average Bonchev–Trinajstić information content (AvgIpc) is 2.98. The zero-order valence-corrected chi connectivity index (χ0v) is 12.7. The fourth-order valence-corrected chi connectivity index (χ4v) is 3.20. The number of aromatic nitrogens is 2. The Hall–Kier alpha value is -1.88. The van der Waals surface area contributed by atoms with Crippen LogP contribution in [-0.2, 0) is 0 Å². The molecule has 2 aromatic rings. The van der Waals surface area contributed by atoms with Gasteiger partial charge in [0.05, 0.1) is 10.9 Å². The number of hydrogen-bond donors (Lipinski definition) is 1. The summed E-state index contributed by atoms with van der Waals surface area (Å²) < 4.78 is 0. The molecule has 1 aromatic carbocycles. The Morgan fingerprint density at radius 3 is 2.86 bits per heavy atom. The van der Waals surface area contributed by atoms with Crippen LogP contribution in [0.5, 0.6) is 0 Å². The van der Waals surface area contributed by atoms with Crippen molar-refractivity contribution in [3.63, 3.8) is 0 Å².